The van der Waals surface area contributed by atoms with E-state index in [-0.39, 0.29) is 30.0 Å². The highest BCUT2D eigenvalue weighted by Gasteiger charge is 2.62. The molecule has 0 bridgehead atoms. The third-order valence-electron chi connectivity index (χ3n) is 9.69. The maximum absolute atomic E-state index is 14.3. The van der Waals surface area contributed by atoms with Crippen LogP contribution in [0.2, 0.25) is 0 Å². The maximum Gasteiger partial charge on any atom is 0.410 e. The minimum atomic E-state index is -4.20. The number of sulfonamides is 1. The van der Waals surface area contributed by atoms with Crippen molar-refractivity contribution in [3.05, 3.63) is 65.1 Å². The molecular weight excluding hydrogens is 711 g/mol. The Bertz CT molecular complexity index is 1820. The van der Waals surface area contributed by atoms with Crippen LogP contribution < -0.4 is 15.4 Å². The van der Waals surface area contributed by atoms with Crippen LogP contribution in [0.5, 0.6) is 0 Å². The maximum atomic E-state index is 14.3. The van der Waals surface area contributed by atoms with Crippen LogP contribution in [-0.2, 0) is 47.0 Å². The first-order chi connectivity index (χ1) is 24.6. The standard InChI is InChI=1S/C36H45N5O9S2/c1-35(2,3)50-33(45)37-27-15-8-6-4-5-7-14-25-19-36(25,32(44)39-52(47,48)29-16-11-17-51-29)38-30(42)28-18-26(22-41(28)31(27)43)49-34(46)40-20-23-12-9-10-13-24(23)21-40/h7,9-14,16-17,25-28H,4-6,8,15,18-22H2,1-3H3,(H,37,45)(H,38,42)(H,39,44)/t25-,26-,27+,28+,36-/m1/s1. The molecule has 3 aliphatic heterocycles. The number of carbonyl (C=O) groups is 5. The van der Waals surface area contributed by atoms with Gasteiger partial charge < -0.3 is 25.0 Å². The molecule has 3 N–H and O–H groups in total. The molecule has 1 aliphatic carbocycles. The Balaban J connectivity index is 1.26. The largest absolute Gasteiger partial charge is 0.444 e. The normalized spacial score (nSPS) is 26.5. The fourth-order valence-electron chi connectivity index (χ4n) is 6.97. The van der Waals surface area contributed by atoms with Gasteiger partial charge in [-0.2, -0.15) is 0 Å². The predicted octanol–water partition coefficient (Wildman–Crippen LogP) is 3.96. The molecule has 2 aromatic rings. The lowest BCUT2D eigenvalue weighted by molar-refractivity contribution is -0.141. The molecule has 1 saturated heterocycles. The molecule has 0 unspecified atom stereocenters. The van der Waals surface area contributed by atoms with E-state index in [1.807, 2.05) is 36.4 Å². The second-order valence-corrected chi connectivity index (χ2v) is 17.6. The number of carbonyl (C=O) groups excluding carboxylic acids is 5. The van der Waals surface area contributed by atoms with Crippen LogP contribution in [0.1, 0.15) is 76.8 Å². The Labute approximate surface area is 307 Å². The van der Waals surface area contributed by atoms with Gasteiger partial charge in [-0.25, -0.2) is 22.7 Å². The lowest BCUT2D eigenvalue weighted by Crippen LogP contribution is -2.58. The molecular formula is C36H45N5O9S2. The predicted molar refractivity (Wildman–Crippen MR) is 190 cm³/mol. The van der Waals surface area contributed by atoms with E-state index in [0.717, 1.165) is 35.3 Å². The second-order valence-electron chi connectivity index (χ2n) is 14.8. The highest BCUT2D eigenvalue weighted by Crippen LogP contribution is 2.46. The van der Waals surface area contributed by atoms with Crippen molar-refractivity contribution in [2.75, 3.05) is 6.54 Å². The van der Waals surface area contributed by atoms with Gasteiger partial charge in [0, 0.05) is 25.4 Å². The van der Waals surface area contributed by atoms with Gasteiger partial charge in [-0.1, -0.05) is 55.3 Å². The van der Waals surface area contributed by atoms with Crippen molar-refractivity contribution in [1.29, 1.82) is 0 Å². The van der Waals surface area contributed by atoms with Crippen molar-refractivity contribution in [3.8, 4) is 0 Å². The summed E-state index contributed by atoms with van der Waals surface area (Å²) in [6.45, 7) is 5.71. The van der Waals surface area contributed by atoms with Gasteiger partial charge in [0.25, 0.3) is 15.9 Å². The van der Waals surface area contributed by atoms with Gasteiger partial charge in [0.2, 0.25) is 11.8 Å². The molecule has 14 nitrogen and oxygen atoms in total. The summed E-state index contributed by atoms with van der Waals surface area (Å²) < 4.78 is 39.5. The molecule has 6 rings (SSSR count). The van der Waals surface area contributed by atoms with E-state index in [1.165, 1.54) is 11.0 Å². The lowest BCUT2D eigenvalue weighted by atomic mass is 10.0. The van der Waals surface area contributed by atoms with Crippen molar-refractivity contribution in [2.24, 2.45) is 5.92 Å². The van der Waals surface area contributed by atoms with Crippen LogP contribution in [0.4, 0.5) is 9.59 Å². The number of hydrogen-bond acceptors (Lipinski definition) is 10. The molecule has 52 heavy (non-hydrogen) atoms. The van der Waals surface area contributed by atoms with Crippen molar-refractivity contribution in [2.45, 2.75) is 112 Å². The summed E-state index contributed by atoms with van der Waals surface area (Å²) in [5.41, 5.74) is -0.406. The van der Waals surface area contributed by atoms with Gasteiger partial charge >= 0.3 is 12.2 Å². The molecule has 5 atom stereocenters. The quantitative estimate of drug-likeness (QED) is 0.381. The number of hydrogen-bond donors (Lipinski definition) is 3. The Morgan fingerprint density at radius 1 is 1.02 bits per heavy atom. The van der Waals surface area contributed by atoms with E-state index < -0.39 is 75.2 Å². The number of nitrogens with one attached hydrogen (secondary N) is 3. The van der Waals surface area contributed by atoms with Gasteiger partial charge in [-0.15, -0.1) is 11.3 Å². The number of ether oxygens (including phenoxy) is 2. The highest BCUT2D eigenvalue weighted by molar-refractivity contribution is 7.92. The van der Waals surface area contributed by atoms with E-state index in [0.29, 0.717) is 25.9 Å². The first-order valence-corrected chi connectivity index (χ1v) is 19.9. The highest BCUT2D eigenvalue weighted by atomic mass is 32.2. The van der Waals surface area contributed by atoms with E-state index in [4.69, 9.17) is 9.47 Å². The Morgan fingerprint density at radius 3 is 2.42 bits per heavy atom. The second kappa shape index (κ2) is 14.9. The lowest BCUT2D eigenvalue weighted by Gasteiger charge is -2.30. The first kappa shape index (κ1) is 37.3. The zero-order chi connectivity index (χ0) is 37.3. The monoisotopic (exact) mass is 755 g/mol. The topological polar surface area (TPSA) is 181 Å². The summed E-state index contributed by atoms with van der Waals surface area (Å²) in [5.74, 6) is -2.63. The van der Waals surface area contributed by atoms with Crippen LogP contribution in [-0.4, -0.2) is 84.0 Å². The van der Waals surface area contributed by atoms with Gasteiger partial charge in [0.15, 0.2) is 0 Å². The molecule has 0 spiro atoms. The van der Waals surface area contributed by atoms with E-state index in [9.17, 15) is 32.4 Å². The zero-order valence-corrected chi connectivity index (χ0v) is 31.1. The summed E-state index contributed by atoms with van der Waals surface area (Å²) >= 11 is 0.955. The summed E-state index contributed by atoms with van der Waals surface area (Å²) in [5, 5.41) is 7.08. The van der Waals surface area contributed by atoms with Gasteiger partial charge in [0.1, 0.15) is 33.5 Å². The number of benzene rings is 1. The molecule has 4 aliphatic rings. The van der Waals surface area contributed by atoms with Crippen LogP contribution in [0.3, 0.4) is 0 Å². The van der Waals surface area contributed by atoms with Crippen molar-refractivity contribution < 1.29 is 41.9 Å². The number of thiophene rings is 1. The molecule has 1 aromatic carbocycles. The molecule has 5 amide bonds. The van der Waals surface area contributed by atoms with E-state index in [2.05, 4.69) is 15.4 Å². The van der Waals surface area contributed by atoms with Crippen molar-refractivity contribution >= 4 is 51.3 Å². The average molecular weight is 756 g/mol. The summed E-state index contributed by atoms with van der Waals surface area (Å²) in [6, 6.07) is 8.36. The van der Waals surface area contributed by atoms with Crippen molar-refractivity contribution in [1.82, 2.24) is 25.2 Å². The molecule has 16 heteroatoms. The van der Waals surface area contributed by atoms with Gasteiger partial charge in [0.05, 0.1) is 6.54 Å². The first-order valence-electron chi connectivity index (χ1n) is 17.6. The Kier molecular flexibility index (Phi) is 10.7. The number of amides is 5. The minimum absolute atomic E-state index is 0.0460. The number of alkyl carbamates (subject to hydrolysis) is 1. The van der Waals surface area contributed by atoms with Crippen LogP contribution in [0, 0.1) is 5.92 Å². The summed E-state index contributed by atoms with van der Waals surface area (Å²) in [4.78, 5) is 71.4. The molecule has 0 radical (unpaired) electrons. The number of allylic oxidation sites excluding steroid dienone is 1. The number of rotatable bonds is 5. The molecule has 280 valence electrons. The number of fused-ring (bicyclic) bond motifs is 3. The smallest absolute Gasteiger partial charge is 0.410 e. The fourth-order valence-corrected chi connectivity index (χ4v) is 9.01. The molecule has 1 aromatic heterocycles. The Morgan fingerprint density at radius 2 is 1.75 bits per heavy atom. The van der Waals surface area contributed by atoms with Crippen LogP contribution in [0.25, 0.3) is 0 Å². The third kappa shape index (κ3) is 8.44. The van der Waals surface area contributed by atoms with Crippen molar-refractivity contribution in [3.63, 3.8) is 0 Å². The average Bonchev–Trinajstić information content (AvgIpc) is 3.53. The summed E-state index contributed by atoms with van der Waals surface area (Å²) in [7, 11) is -4.20. The van der Waals surface area contributed by atoms with Gasteiger partial charge in [-0.3, -0.25) is 19.3 Å². The fraction of sp³-hybridized carbons (Fsp3) is 0.528. The van der Waals surface area contributed by atoms with Crippen LogP contribution in [0.15, 0.2) is 58.1 Å². The summed E-state index contributed by atoms with van der Waals surface area (Å²) in [6.07, 6.45) is 4.58. The molecule has 4 heterocycles. The van der Waals surface area contributed by atoms with Crippen LogP contribution >= 0.6 is 11.3 Å². The third-order valence-corrected chi connectivity index (χ3v) is 12.4. The van der Waals surface area contributed by atoms with Gasteiger partial charge in [-0.05, 0) is 69.0 Å². The Hall–Kier alpha value is -4.44. The minimum Gasteiger partial charge on any atom is -0.444 e. The molecule has 1 saturated carbocycles. The molecule has 2 fully saturated rings. The number of nitrogens with zero attached hydrogens (tertiary/aromatic N) is 2. The SMILES string of the molecule is CC(C)(C)OC(=O)N[C@H]1CCCCCC=C[C@@H]2C[C@@]2(C(=O)NS(=O)(=O)c2cccs2)NC(=O)[C@@H]2C[C@@H](OC(=O)N3Cc4ccccc4C3)CN2C1=O. The van der Waals surface area contributed by atoms with E-state index >= 15 is 0 Å². The zero-order valence-electron chi connectivity index (χ0n) is 29.5. The van der Waals surface area contributed by atoms with E-state index in [1.54, 1.807) is 37.1 Å².